The zero-order valence-electron chi connectivity index (χ0n) is 12.4. The number of ether oxygens (including phenoxy) is 1. The molecule has 1 aliphatic carbocycles. The van der Waals surface area contributed by atoms with Gasteiger partial charge in [0.2, 0.25) is 0 Å². The molecule has 0 aromatic carbocycles. The molecule has 0 radical (unpaired) electrons. The van der Waals surface area contributed by atoms with Crippen molar-refractivity contribution in [3.8, 4) is 0 Å². The van der Waals surface area contributed by atoms with E-state index in [9.17, 15) is 9.90 Å². The summed E-state index contributed by atoms with van der Waals surface area (Å²) in [6.07, 6.45) is 15.0. The average Bonchev–Trinajstić information content (AvgIpc) is 2.96. The van der Waals surface area contributed by atoms with Crippen LogP contribution in [-0.2, 0) is 9.53 Å². The summed E-state index contributed by atoms with van der Waals surface area (Å²) in [5.41, 5.74) is 0.833. The first-order valence-electron chi connectivity index (χ1n) is 7.64. The Balaban J connectivity index is 1.93. The van der Waals surface area contributed by atoms with Gasteiger partial charge in [0, 0.05) is 6.42 Å². The van der Waals surface area contributed by atoms with Crippen LogP contribution in [0.15, 0.2) is 35.6 Å². The molecule has 0 heterocycles. The first kappa shape index (κ1) is 16.5. The fourth-order valence-corrected chi connectivity index (χ4v) is 2.20. The highest BCUT2D eigenvalue weighted by Crippen LogP contribution is 2.15. The zero-order valence-corrected chi connectivity index (χ0v) is 12.4. The second-order valence-corrected chi connectivity index (χ2v) is 5.02. The summed E-state index contributed by atoms with van der Waals surface area (Å²) in [5, 5.41) is 11.7. The van der Waals surface area contributed by atoms with Crippen LogP contribution >= 0.6 is 0 Å². The van der Waals surface area contributed by atoms with Gasteiger partial charge < -0.3 is 9.84 Å². The van der Waals surface area contributed by atoms with Crippen molar-refractivity contribution in [3.05, 3.63) is 35.6 Å². The maximum absolute atomic E-state index is 11.7. The molecule has 0 bridgehead atoms. The standard InChI is InChI=1S/C17H26O3/c1-2-20-17(19)14-8-6-4-3-5-7-13-16(18)15-11-9-10-12-15/h9-12,18H,2-8,13-14H2,1H3/p-1. The highest BCUT2D eigenvalue weighted by atomic mass is 16.5. The number of allylic oxidation sites excluding steroid dienone is 6. The fraction of sp³-hybridized carbons (Fsp3) is 0.588. The van der Waals surface area contributed by atoms with Gasteiger partial charge in [0.25, 0.3) is 0 Å². The van der Waals surface area contributed by atoms with Gasteiger partial charge in [-0.1, -0.05) is 56.4 Å². The van der Waals surface area contributed by atoms with Crippen LogP contribution in [0.3, 0.4) is 0 Å². The van der Waals surface area contributed by atoms with E-state index in [0.717, 1.165) is 44.1 Å². The summed E-state index contributed by atoms with van der Waals surface area (Å²) < 4.78 is 4.87. The first-order valence-corrected chi connectivity index (χ1v) is 7.64. The van der Waals surface area contributed by atoms with Crippen molar-refractivity contribution in [1.29, 1.82) is 0 Å². The summed E-state index contributed by atoms with van der Waals surface area (Å²) in [6.45, 7) is 2.30. The number of rotatable bonds is 10. The minimum atomic E-state index is -0.0900. The lowest BCUT2D eigenvalue weighted by Crippen LogP contribution is -2.05. The number of carbonyl (C=O) groups is 1. The van der Waals surface area contributed by atoms with E-state index in [-0.39, 0.29) is 11.7 Å². The van der Waals surface area contributed by atoms with Crippen molar-refractivity contribution in [3.63, 3.8) is 0 Å². The predicted octanol–water partition coefficient (Wildman–Crippen LogP) is 3.41. The summed E-state index contributed by atoms with van der Waals surface area (Å²) >= 11 is 0. The molecule has 0 unspecified atom stereocenters. The molecule has 0 aliphatic heterocycles. The van der Waals surface area contributed by atoms with Gasteiger partial charge in [-0.15, -0.1) is 5.76 Å². The number of unbranched alkanes of at least 4 members (excludes halogenated alkanes) is 5. The second-order valence-electron chi connectivity index (χ2n) is 5.02. The van der Waals surface area contributed by atoms with E-state index in [2.05, 4.69) is 0 Å². The molecule has 0 N–H and O–H groups in total. The molecular formula is C17H25O3-. The van der Waals surface area contributed by atoms with Crippen LogP contribution in [0, 0.1) is 0 Å². The lowest BCUT2D eigenvalue weighted by Gasteiger charge is -2.13. The van der Waals surface area contributed by atoms with Crippen LogP contribution in [0.4, 0.5) is 0 Å². The lowest BCUT2D eigenvalue weighted by atomic mass is 10.1. The van der Waals surface area contributed by atoms with Gasteiger partial charge >= 0.3 is 5.97 Å². The maximum Gasteiger partial charge on any atom is 0.305 e. The van der Waals surface area contributed by atoms with Crippen molar-refractivity contribution >= 4 is 5.97 Å². The molecule has 0 amide bonds. The van der Waals surface area contributed by atoms with E-state index in [4.69, 9.17) is 4.74 Å². The highest BCUT2D eigenvalue weighted by molar-refractivity contribution is 5.69. The van der Waals surface area contributed by atoms with Crippen LogP contribution in [0.5, 0.6) is 0 Å². The van der Waals surface area contributed by atoms with E-state index in [1.54, 1.807) is 0 Å². The molecule has 20 heavy (non-hydrogen) atoms. The Hall–Kier alpha value is -1.51. The number of esters is 1. The van der Waals surface area contributed by atoms with Gasteiger partial charge in [-0.3, -0.25) is 4.79 Å². The Bertz CT molecular complexity index is 364. The third kappa shape index (κ3) is 7.17. The Labute approximate surface area is 122 Å². The molecule has 1 rings (SSSR count). The molecule has 0 fully saturated rings. The third-order valence-corrected chi connectivity index (χ3v) is 3.32. The average molecular weight is 277 g/mol. The summed E-state index contributed by atoms with van der Waals surface area (Å²) in [6, 6.07) is 0. The monoisotopic (exact) mass is 277 g/mol. The maximum atomic E-state index is 11.7. The largest absolute Gasteiger partial charge is 0.875 e. The molecule has 0 spiro atoms. The third-order valence-electron chi connectivity index (χ3n) is 3.32. The van der Waals surface area contributed by atoms with Crippen LogP contribution in [0.25, 0.3) is 0 Å². The van der Waals surface area contributed by atoms with Gasteiger partial charge in [-0.2, -0.15) is 0 Å². The molecule has 0 saturated heterocycles. The highest BCUT2D eigenvalue weighted by Gasteiger charge is 2.00. The molecule has 3 heteroatoms. The Morgan fingerprint density at radius 1 is 1.00 bits per heavy atom. The van der Waals surface area contributed by atoms with Gasteiger partial charge in [0.15, 0.2) is 0 Å². The SMILES string of the molecule is CCOC(=O)CCCCCCCCC([O-])=C1C=CC=C1. The van der Waals surface area contributed by atoms with Crippen molar-refractivity contribution in [2.45, 2.75) is 58.3 Å². The first-order chi connectivity index (χ1) is 9.74. The van der Waals surface area contributed by atoms with Crippen LogP contribution in [0.2, 0.25) is 0 Å². The van der Waals surface area contributed by atoms with Crippen molar-refractivity contribution in [1.82, 2.24) is 0 Å². The van der Waals surface area contributed by atoms with Crippen LogP contribution in [0.1, 0.15) is 58.3 Å². The van der Waals surface area contributed by atoms with Crippen molar-refractivity contribution < 1.29 is 14.6 Å². The molecule has 1 aliphatic rings. The number of hydrogen-bond acceptors (Lipinski definition) is 3. The van der Waals surface area contributed by atoms with E-state index in [1.807, 2.05) is 31.2 Å². The Morgan fingerprint density at radius 3 is 2.15 bits per heavy atom. The molecule has 3 nitrogen and oxygen atoms in total. The van der Waals surface area contributed by atoms with Gasteiger partial charge in [0.1, 0.15) is 0 Å². The predicted molar refractivity (Wildman–Crippen MR) is 78.9 cm³/mol. The molecule has 0 aromatic rings. The zero-order chi connectivity index (χ0) is 14.6. The number of carbonyl (C=O) groups excluding carboxylic acids is 1. The summed E-state index contributed by atoms with van der Waals surface area (Å²) in [4.78, 5) is 11.1. The smallest absolute Gasteiger partial charge is 0.305 e. The van der Waals surface area contributed by atoms with Gasteiger partial charge in [0.05, 0.1) is 6.61 Å². The molecule has 0 atom stereocenters. The Kier molecular flexibility index (Phi) is 8.52. The van der Waals surface area contributed by atoms with Crippen LogP contribution < -0.4 is 5.11 Å². The topological polar surface area (TPSA) is 49.4 Å². The normalized spacial score (nSPS) is 12.9. The van der Waals surface area contributed by atoms with E-state index < -0.39 is 0 Å². The van der Waals surface area contributed by atoms with Crippen molar-refractivity contribution in [2.75, 3.05) is 6.61 Å². The quantitative estimate of drug-likeness (QED) is 0.349. The Morgan fingerprint density at radius 2 is 1.55 bits per heavy atom. The number of hydrogen-bond donors (Lipinski definition) is 0. The molecular weight excluding hydrogens is 252 g/mol. The van der Waals surface area contributed by atoms with Crippen molar-refractivity contribution in [2.24, 2.45) is 0 Å². The second kappa shape index (κ2) is 10.3. The molecule has 0 aromatic heterocycles. The van der Waals surface area contributed by atoms with E-state index in [0.29, 0.717) is 19.4 Å². The molecule has 112 valence electrons. The van der Waals surface area contributed by atoms with Gasteiger partial charge in [-0.05, 0) is 25.3 Å². The van der Waals surface area contributed by atoms with E-state index in [1.165, 1.54) is 0 Å². The minimum absolute atomic E-state index is 0.0900. The lowest BCUT2D eigenvalue weighted by molar-refractivity contribution is -0.307. The van der Waals surface area contributed by atoms with E-state index >= 15 is 0 Å². The summed E-state index contributed by atoms with van der Waals surface area (Å²) in [7, 11) is 0. The van der Waals surface area contributed by atoms with Crippen LogP contribution in [-0.4, -0.2) is 12.6 Å². The summed E-state index contributed by atoms with van der Waals surface area (Å²) in [5.74, 6) is 0.158. The van der Waals surface area contributed by atoms with Gasteiger partial charge in [-0.25, -0.2) is 0 Å². The minimum Gasteiger partial charge on any atom is -0.875 e. The fourth-order valence-electron chi connectivity index (χ4n) is 2.20. The molecule has 0 saturated carbocycles.